The summed E-state index contributed by atoms with van der Waals surface area (Å²) in [5, 5.41) is 6.61. The summed E-state index contributed by atoms with van der Waals surface area (Å²) in [5.74, 6) is -0.714. The number of amides is 2. The Morgan fingerprint density at radius 1 is 1.32 bits per heavy atom. The number of halogens is 1. The van der Waals surface area contributed by atoms with Crippen molar-refractivity contribution in [3.05, 3.63) is 45.8 Å². The minimum atomic E-state index is -0.487. The third-order valence-corrected chi connectivity index (χ3v) is 3.03. The van der Waals surface area contributed by atoms with Crippen LogP contribution in [0.2, 0.25) is 0 Å². The van der Waals surface area contributed by atoms with Gasteiger partial charge in [0.05, 0.1) is 11.9 Å². The summed E-state index contributed by atoms with van der Waals surface area (Å²) in [5.41, 5.74) is 6.13. The van der Waals surface area contributed by atoms with Crippen molar-refractivity contribution in [3.63, 3.8) is 0 Å². The van der Waals surface area contributed by atoms with E-state index in [9.17, 15) is 9.59 Å². The number of nitrogens with zero attached hydrogens (tertiary/aromatic N) is 2. The predicted molar refractivity (Wildman–Crippen MR) is 78.5 cm³/mol. The van der Waals surface area contributed by atoms with Crippen LogP contribution in [-0.4, -0.2) is 21.6 Å². The highest BCUT2D eigenvalue weighted by Gasteiger charge is 2.07. The highest BCUT2D eigenvalue weighted by atomic mass is 127. The number of nitrogens with one attached hydrogen (secondary N) is 1. The van der Waals surface area contributed by atoms with Gasteiger partial charge < -0.3 is 11.1 Å². The van der Waals surface area contributed by atoms with Crippen molar-refractivity contribution in [1.29, 1.82) is 0 Å². The van der Waals surface area contributed by atoms with Crippen molar-refractivity contribution in [1.82, 2.24) is 9.78 Å². The molecule has 7 heteroatoms. The lowest BCUT2D eigenvalue weighted by atomic mass is 10.2. The van der Waals surface area contributed by atoms with Crippen LogP contribution in [-0.2, 0) is 11.3 Å². The Morgan fingerprint density at radius 3 is 2.63 bits per heavy atom. The Morgan fingerprint density at radius 2 is 2.00 bits per heavy atom. The first-order valence-corrected chi connectivity index (χ1v) is 6.50. The van der Waals surface area contributed by atoms with Gasteiger partial charge in [-0.1, -0.05) is 0 Å². The second kappa shape index (κ2) is 5.83. The monoisotopic (exact) mass is 370 g/mol. The van der Waals surface area contributed by atoms with Crippen LogP contribution in [0.3, 0.4) is 0 Å². The quantitative estimate of drug-likeness (QED) is 0.794. The van der Waals surface area contributed by atoms with Crippen molar-refractivity contribution in [2.75, 3.05) is 5.32 Å². The van der Waals surface area contributed by atoms with Crippen LogP contribution in [0.15, 0.2) is 36.7 Å². The third kappa shape index (κ3) is 3.78. The number of rotatable bonds is 4. The Labute approximate surface area is 123 Å². The van der Waals surface area contributed by atoms with Gasteiger partial charge in [0.1, 0.15) is 6.54 Å². The summed E-state index contributed by atoms with van der Waals surface area (Å²) < 4.78 is 2.43. The molecule has 98 valence electrons. The van der Waals surface area contributed by atoms with E-state index in [4.69, 9.17) is 5.73 Å². The van der Waals surface area contributed by atoms with Crippen LogP contribution in [0, 0.1) is 3.57 Å². The van der Waals surface area contributed by atoms with Crippen LogP contribution in [0.4, 0.5) is 5.69 Å². The molecule has 19 heavy (non-hydrogen) atoms. The molecule has 3 N–H and O–H groups in total. The van der Waals surface area contributed by atoms with E-state index in [0.717, 1.165) is 3.57 Å². The SMILES string of the molecule is NC(=O)Cn1cc(NC(=O)c2ccc(I)cc2)cn1. The van der Waals surface area contributed by atoms with Crippen molar-refractivity contribution < 1.29 is 9.59 Å². The van der Waals surface area contributed by atoms with Gasteiger partial charge in [-0.2, -0.15) is 5.10 Å². The van der Waals surface area contributed by atoms with Gasteiger partial charge in [-0.05, 0) is 46.9 Å². The maximum atomic E-state index is 11.9. The first-order chi connectivity index (χ1) is 9.04. The minimum Gasteiger partial charge on any atom is -0.368 e. The number of benzene rings is 1. The maximum absolute atomic E-state index is 11.9. The number of nitrogens with two attached hydrogens (primary N) is 1. The lowest BCUT2D eigenvalue weighted by molar-refractivity contribution is -0.118. The van der Waals surface area contributed by atoms with Crippen LogP contribution >= 0.6 is 22.6 Å². The summed E-state index contributed by atoms with van der Waals surface area (Å²) in [7, 11) is 0. The topological polar surface area (TPSA) is 90.0 Å². The van der Waals surface area contributed by atoms with E-state index >= 15 is 0 Å². The van der Waals surface area contributed by atoms with E-state index in [0.29, 0.717) is 11.3 Å². The molecule has 1 aromatic carbocycles. The van der Waals surface area contributed by atoms with Gasteiger partial charge in [0, 0.05) is 15.3 Å². The molecule has 0 spiro atoms. The zero-order valence-electron chi connectivity index (χ0n) is 9.84. The number of primary amides is 1. The minimum absolute atomic E-state index is 0.0145. The second-order valence-corrected chi connectivity index (χ2v) is 5.10. The molecule has 0 bridgehead atoms. The van der Waals surface area contributed by atoms with Crippen LogP contribution in [0.25, 0.3) is 0 Å². The molecule has 0 saturated heterocycles. The molecule has 0 aliphatic rings. The molecule has 0 radical (unpaired) electrons. The van der Waals surface area contributed by atoms with Crippen molar-refractivity contribution in [2.24, 2.45) is 5.73 Å². The molecule has 0 unspecified atom stereocenters. The van der Waals surface area contributed by atoms with Crippen LogP contribution in [0.5, 0.6) is 0 Å². The molecule has 2 amide bonds. The van der Waals surface area contributed by atoms with E-state index in [1.807, 2.05) is 12.1 Å². The molecular weight excluding hydrogens is 359 g/mol. The van der Waals surface area contributed by atoms with Crippen molar-refractivity contribution >= 4 is 40.1 Å². The lowest BCUT2D eigenvalue weighted by Gasteiger charge is -2.02. The molecule has 0 saturated carbocycles. The van der Waals surface area contributed by atoms with Crippen molar-refractivity contribution in [2.45, 2.75) is 6.54 Å². The summed E-state index contributed by atoms with van der Waals surface area (Å²) in [4.78, 5) is 22.6. The average molecular weight is 370 g/mol. The average Bonchev–Trinajstić information content (AvgIpc) is 2.76. The first-order valence-electron chi connectivity index (χ1n) is 5.42. The molecule has 1 heterocycles. The van der Waals surface area contributed by atoms with Gasteiger partial charge in [0.2, 0.25) is 5.91 Å². The number of anilines is 1. The number of carbonyl (C=O) groups excluding carboxylic acids is 2. The predicted octanol–water partition coefficient (Wildman–Crippen LogP) is 1.23. The largest absolute Gasteiger partial charge is 0.368 e. The summed E-state index contributed by atoms with van der Waals surface area (Å²) in [6.07, 6.45) is 3.02. The summed E-state index contributed by atoms with van der Waals surface area (Å²) in [6, 6.07) is 7.19. The number of aromatic nitrogens is 2. The van der Waals surface area contributed by atoms with Gasteiger partial charge >= 0.3 is 0 Å². The number of hydrogen-bond donors (Lipinski definition) is 2. The fourth-order valence-corrected chi connectivity index (χ4v) is 1.84. The van der Waals surface area contributed by atoms with E-state index < -0.39 is 5.91 Å². The number of carbonyl (C=O) groups is 2. The summed E-state index contributed by atoms with van der Waals surface area (Å²) in [6.45, 7) is -0.0145. The molecule has 2 aromatic rings. The Bertz CT molecular complexity index is 606. The third-order valence-electron chi connectivity index (χ3n) is 2.32. The fourth-order valence-electron chi connectivity index (χ4n) is 1.48. The van der Waals surface area contributed by atoms with Gasteiger partial charge in [-0.15, -0.1) is 0 Å². The Hall–Kier alpha value is -1.90. The molecular formula is C12H11IN4O2. The first kappa shape index (κ1) is 13.5. The maximum Gasteiger partial charge on any atom is 0.255 e. The van der Waals surface area contributed by atoms with Crippen molar-refractivity contribution in [3.8, 4) is 0 Å². The van der Waals surface area contributed by atoms with E-state index in [-0.39, 0.29) is 12.5 Å². The molecule has 6 nitrogen and oxygen atoms in total. The van der Waals surface area contributed by atoms with E-state index in [2.05, 4.69) is 33.0 Å². The lowest BCUT2D eigenvalue weighted by Crippen LogP contribution is -2.18. The van der Waals surface area contributed by atoms with Gasteiger partial charge in [0.25, 0.3) is 5.91 Å². The normalized spacial score (nSPS) is 10.2. The molecule has 0 aliphatic carbocycles. The van der Waals surface area contributed by atoms with Crippen LogP contribution < -0.4 is 11.1 Å². The van der Waals surface area contributed by atoms with E-state index in [1.165, 1.54) is 10.9 Å². The standard InChI is InChI=1S/C12H11IN4O2/c13-9-3-1-8(2-4-9)12(19)16-10-5-15-17(6-10)7-11(14)18/h1-6H,7H2,(H2,14,18)(H,16,19). The smallest absolute Gasteiger partial charge is 0.255 e. The zero-order valence-corrected chi connectivity index (χ0v) is 12.0. The van der Waals surface area contributed by atoms with E-state index in [1.54, 1.807) is 18.3 Å². The molecule has 1 aromatic heterocycles. The molecule has 0 atom stereocenters. The Balaban J connectivity index is 2.04. The zero-order chi connectivity index (χ0) is 13.8. The fraction of sp³-hybridized carbons (Fsp3) is 0.0833. The molecule has 0 fully saturated rings. The molecule has 2 rings (SSSR count). The van der Waals surface area contributed by atoms with Gasteiger partial charge in [0.15, 0.2) is 0 Å². The highest BCUT2D eigenvalue weighted by molar-refractivity contribution is 14.1. The van der Waals surface area contributed by atoms with Gasteiger partial charge in [-0.3, -0.25) is 14.3 Å². The Kier molecular flexibility index (Phi) is 4.15. The number of hydrogen-bond acceptors (Lipinski definition) is 3. The highest BCUT2D eigenvalue weighted by Crippen LogP contribution is 2.10. The molecule has 0 aliphatic heterocycles. The summed E-state index contributed by atoms with van der Waals surface area (Å²) >= 11 is 2.17. The second-order valence-electron chi connectivity index (χ2n) is 3.85. The van der Waals surface area contributed by atoms with Crippen LogP contribution in [0.1, 0.15) is 10.4 Å². The van der Waals surface area contributed by atoms with Gasteiger partial charge in [-0.25, -0.2) is 0 Å².